The number of aryl methyl sites for hydroxylation is 1. The van der Waals surface area contributed by atoms with Crippen LogP contribution in [0.5, 0.6) is 0 Å². The van der Waals surface area contributed by atoms with Crippen molar-refractivity contribution in [1.29, 1.82) is 0 Å². The van der Waals surface area contributed by atoms with E-state index in [1.807, 2.05) is 12.1 Å². The van der Waals surface area contributed by atoms with Crippen LogP contribution in [0.15, 0.2) is 51.0 Å². The Balaban J connectivity index is 1.64. The molecule has 158 valence electrons. The van der Waals surface area contributed by atoms with Crippen molar-refractivity contribution in [2.24, 2.45) is 14.1 Å². The monoisotopic (exact) mass is 428 g/mol. The molecular weight excluding hydrogens is 404 g/mol. The number of fused-ring (bicyclic) bond motifs is 1. The predicted molar refractivity (Wildman–Crippen MR) is 115 cm³/mol. The van der Waals surface area contributed by atoms with E-state index in [2.05, 4.69) is 9.71 Å². The Hall–Kier alpha value is -2.94. The summed E-state index contributed by atoms with van der Waals surface area (Å²) in [6.45, 7) is 0. The molecule has 1 aliphatic rings. The average molecular weight is 429 g/mol. The second kappa shape index (κ2) is 7.71. The second-order valence-corrected chi connectivity index (χ2v) is 9.49. The van der Waals surface area contributed by atoms with E-state index in [0.717, 1.165) is 17.4 Å². The lowest BCUT2D eigenvalue weighted by atomic mass is 9.84. The van der Waals surface area contributed by atoms with Gasteiger partial charge in [0.05, 0.1) is 22.2 Å². The van der Waals surface area contributed by atoms with Crippen molar-refractivity contribution in [3.05, 3.63) is 62.9 Å². The molecule has 1 aliphatic carbocycles. The number of pyridine rings is 1. The second-order valence-electron chi connectivity index (χ2n) is 7.81. The predicted octanol–water partition coefficient (Wildman–Crippen LogP) is 2.48. The lowest BCUT2D eigenvalue weighted by Crippen LogP contribution is -2.37. The first-order valence-electron chi connectivity index (χ1n) is 9.96. The molecule has 3 aromatic rings. The van der Waals surface area contributed by atoms with Gasteiger partial charge in [0.2, 0.25) is 0 Å². The highest BCUT2D eigenvalue weighted by Gasteiger charge is 2.19. The van der Waals surface area contributed by atoms with Crippen molar-refractivity contribution < 1.29 is 8.42 Å². The number of benzene rings is 1. The highest BCUT2D eigenvalue weighted by Crippen LogP contribution is 2.33. The molecule has 2 heterocycles. The van der Waals surface area contributed by atoms with E-state index in [1.165, 1.54) is 55.8 Å². The number of anilines is 1. The van der Waals surface area contributed by atoms with Crippen LogP contribution >= 0.6 is 0 Å². The number of hydrogen-bond acceptors (Lipinski definition) is 5. The fourth-order valence-electron chi connectivity index (χ4n) is 4.09. The zero-order chi connectivity index (χ0) is 21.5. The largest absolute Gasteiger partial charge is 0.332 e. The van der Waals surface area contributed by atoms with Gasteiger partial charge in [-0.1, -0.05) is 31.4 Å². The Bertz CT molecular complexity index is 1320. The van der Waals surface area contributed by atoms with Crippen LogP contribution in [0.25, 0.3) is 11.0 Å². The summed E-state index contributed by atoms with van der Waals surface area (Å²) in [6.07, 6.45) is 7.28. The summed E-state index contributed by atoms with van der Waals surface area (Å²) >= 11 is 0. The van der Waals surface area contributed by atoms with Crippen molar-refractivity contribution in [1.82, 2.24) is 14.1 Å². The Kier molecular flexibility index (Phi) is 5.23. The molecule has 2 aromatic heterocycles. The topological polar surface area (TPSA) is 103 Å². The first-order chi connectivity index (χ1) is 14.3. The quantitative estimate of drug-likeness (QED) is 0.688. The highest BCUT2D eigenvalue weighted by atomic mass is 32.2. The van der Waals surface area contributed by atoms with Crippen LogP contribution < -0.4 is 16.0 Å². The minimum Gasteiger partial charge on any atom is -0.280 e. The maximum Gasteiger partial charge on any atom is 0.332 e. The van der Waals surface area contributed by atoms with E-state index < -0.39 is 21.3 Å². The normalized spacial score (nSPS) is 15.4. The van der Waals surface area contributed by atoms with Crippen molar-refractivity contribution >= 4 is 26.7 Å². The molecule has 8 nitrogen and oxygen atoms in total. The summed E-state index contributed by atoms with van der Waals surface area (Å²) in [6, 6.07) is 8.40. The fourth-order valence-corrected chi connectivity index (χ4v) is 5.12. The number of nitrogens with zero attached hydrogens (tertiary/aromatic N) is 3. The number of sulfonamides is 1. The highest BCUT2D eigenvalue weighted by molar-refractivity contribution is 7.92. The van der Waals surface area contributed by atoms with Gasteiger partial charge in [-0.15, -0.1) is 0 Å². The summed E-state index contributed by atoms with van der Waals surface area (Å²) in [5, 5.41) is 0.160. The standard InChI is InChI=1S/C21H24N4O4S/c1-24-19-18(20(26)25(2)21(24)27)12-16(13-22-19)23-30(28,29)17-10-8-15(9-11-17)14-6-4-3-5-7-14/h8-14,23H,3-7H2,1-2H3. The molecule has 4 rings (SSSR count). The van der Waals surface area contributed by atoms with Crippen LogP contribution in [0.1, 0.15) is 43.6 Å². The number of nitrogens with one attached hydrogen (secondary N) is 1. The summed E-state index contributed by atoms with van der Waals surface area (Å²) in [4.78, 5) is 28.7. The van der Waals surface area contributed by atoms with Crippen LogP contribution in [0, 0.1) is 0 Å². The SMILES string of the molecule is Cn1c(=O)c2cc(NS(=O)(=O)c3ccc(C4CCCCC4)cc3)cnc2n(C)c1=O. The maximum atomic E-state index is 12.8. The minimum absolute atomic E-state index is 0.149. The molecule has 1 saturated carbocycles. The zero-order valence-corrected chi connectivity index (χ0v) is 17.8. The molecule has 0 amide bonds. The van der Waals surface area contributed by atoms with E-state index in [9.17, 15) is 18.0 Å². The molecule has 0 atom stereocenters. The molecule has 1 fully saturated rings. The third kappa shape index (κ3) is 3.65. The van der Waals surface area contributed by atoms with Crippen LogP contribution in [-0.4, -0.2) is 22.5 Å². The molecule has 1 N–H and O–H groups in total. The Morgan fingerprint density at radius 1 is 1.00 bits per heavy atom. The maximum absolute atomic E-state index is 12.8. The van der Waals surface area contributed by atoms with Gasteiger partial charge in [-0.2, -0.15) is 0 Å². The minimum atomic E-state index is -3.84. The van der Waals surface area contributed by atoms with Crippen molar-refractivity contribution in [3.63, 3.8) is 0 Å². The van der Waals surface area contributed by atoms with Gasteiger partial charge in [-0.25, -0.2) is 18.2 Å². The number of rotatable bonds is 4. The Morgan fingerprint density at radius 2 is 1.67 bits per heavy atom. The average Bonchev–Trinajstić information content (AvgIpc) is 2.76. The molecule has 30 heavy (non-hydrogen) atoms. The molecular formula is C21H24N4O4S. The summed E-state index contributed by atoms with van der Waals surface area (Å²) in [7, 11) is -0.959. The van der Waals surface area contributed by atoms with Crippen LogP contribution in [0.4, 0.5) is 5.69 Å². The van der Waals surface area contributed by atoms with Gasteiger partial charge in [0.1, 0.15) is 5.65 Å². The molecule has 0 spiro atoms. The Morgan fingerprint density at radius 3 is 2.33 bits per heavy atom. The molecule has 0 radical (unpaired) electrons. The number of hydrogen-bond donors (Lipinski definition) is 1. The molecule has 9 heteroatoms. The van der Waals surface area contributed by atoms with Gasteiger partial charge in [-0.3, -0.25) is 18.7 Å². The van der Waals surface area contributed by atoms with E-state index in [1.54, 1.807) is 12.1 Å². The van der Waals surface area contributed by atoms with Crippen LogP contribution in [0.3, 0.4) is 0 Å². The van der Waals surface area contributed by atoms with Crippen LogP contribution in [-0.2, 0) is 24.1 Å². The van der Waals surface area contributed by atoms with E-state index in [-0.39, 0.29) is 21.6 Å². The van der Waals surface area contributed by atoms with E-state index >= 15 is 0 Å². The van der Waals surface area contributed by atoms with Gasteiger partial charge in [0.15, 0.2) is 0 Å². The van der Waals surface area contributed by atoms with E-state index in [4.69, 9.17) is 0 Å². The molecule has 0 bridgehead atoms. The first-order valence-corrected chi connectivity index (χ1v) is 11.4. The van der Waals surface area contributed by atoms with Gasteiger partial charge < -0.3 is 0 Å². The van der Waals surface area contributed by atoms with E-state index in [0.29, 0.717) is 5.92 Å². The first kappa shape index (κ1) is 20.3. The van der Waals surface area contributed by atoms with Crippen molar-refractivity contribution in [2.45, 2.75) is 42.9 Å². The third-order valence-electron chi connectivity index (χ3n) is 5.81. The van der Waals surface area contributed by atoms with Crippen molar-refractivity contribution in [3.8, 4) is 0 Å². The molecule has 0 unspecified atom stereocenters. The van der Waals surface area contributed by atoms with Gasteiger partial charge >= 0.3 is 5.69 Å². The van der Waals surface area contributed by atoms with Gasteiger partial charge in [0, 0.05) is 14.1 Å². The third-order valence-corrected chi connectivity index (χ3v) is 7.21. The van der Waals surface area contributed by atoms with Crippen molar-refractivity contribution in [2.75, 3.05) is 4.72 Å². The molecule has 1 aromatic carbocycles. The van der Waals surface area contributed by atoms with Gasteiger partial charge in [0.25, 0.3) is 15.6 Å². The number of aromatic nitrogens is 3. The summed E-state index contributed by atoms with van der Waals surface area (Å²) in [5.41, 5.74) is 0.507. The van der Waals surface area contributed by atoms with Gasteiger partial charge in [-0.05, 0) is 42.5 Å². The summed E-state index contributed by atoms with van der Waals surface area (Å²) in [5.74, 6) is 0.496. The lowest BCUT2D eigenvalue weighted by molar-refractivity contribution is 0.443. The van der Waals surface area contributed by atoms with Crippen LogP contribution in [0.2, 0.25) is 0 Å². The zero-order valence-electron chi connectivity index (χ0n) is 17.0. The smallest absolute Gasteiger partial charge is 0.280 e. The fraction of sp³-hybridized carbons (Fsp3) is 0.381. The molecule has 0 aliphatic heterocycles. The lowest BCUT2D eigenvalue weighted by Gasteiger charge is -2.22. The summed E-state index contributed by atoms with van der Waals surface area (Å²) < 4.78 is 30.3. The Labute approximate surface area is 174 Å². The molecule has 0 saturated heterocycles.